The molecule has 0 heterocycles. The predicted octanol–water partition coefficient (Wildman–Crippen LogP) is 2.91. The summed E-state index contributed by atoms with van der Waals surface area (Å²) >= 11 is 0. The predicted molar refractivity (Wildman–Crippen MR) is 72.4 cm³/mol. The molecule has 2 rings (SSSR count). The smallest absolute Gasteiger partial charge is 0.201 e. The maximum atomic E-state index is 12.2. The highest BCUT2D eigenvalue weighted by molar-refractivity contribution is 6.11. The number of Topliss-reactive ketones (excluding diaryl/α,β-unsaturated/α-hetero) is 2. The average Bonchev–Trinajstić information content (AvgIpc) is 2.44. The molecule has 1 aromatic carbocycles. The minimum atomic E-state index is -0.750. The Balaban J connectivity index is 2.53. The molecule has 0 radical (unpaired) electrons. The zero-order chi connectivity index (χ0) is 14.7. The Hall–Kier alpha value is -2.04. The van der Waals surface area contributed by atoms with E-state index in [0.29, 0.717) is 6.42 Å². The van der Waals surface area contributed by atoms with Gasteiger partial charge in [-0.1, -0.05) is 19.3 Å². The lowest BCUT2D eigenvalue weighted by atomic mass is 9.94. The van der Waals surface area contributed by atoms with Crippen LogP contribution in [0.1, 0.15) is 65.7 Å². The van der Waals surface area contributed by atoms with Gasteiger partial charge in [0.05, 0.1) is 5.56 Å². The molecule has 3 N–H and O–H groups in total. The number of ketones is 2. The van der Waals surface area contributed by atoms with Crippen molar-refractivity contribution in [3.8, 4) is 17.2 Å². The fraction of sp³-hybridized carbons (Fsp3) is 0.467. The first-order chi connectivity index (χ1) is 9.52. The summed E-state index contributed by atoms with van der Waals surface area (Å²) in [5, 5.41) is 29.0. The fourth-order valence-corrected chi connectivity index (χ4v) is 2.51. The maximum absolute atomic E-state index is 12.2. The summed E-state index contributed by atoms with van der Waals surface area (Å²) in [7, 11) is 0. The molecular formula is C15H18O5. The third kappa shape index (κ3) is 2.76. The number of fused-ring (bicyclic) bond motifs is 1. The summed E-state index contributed by atoms with van der Waals surface area (Å²) in [5.41, 5.74) is -0.156. The van der Waals surface area contributed by atoms with Crippen molar-refractivity contribution < 1.29 is 24.9 Å². The van der Waals surface area contributed by atoms with Gasteiger partial charge < -0.3 is 15.3 Å². The molecule has 108 valence electrons. The average molecular weight is 278 g/mol. The SMILES string of the molecule is O=C1CCCCCCCC(=O)c2c1cc(O)c(O)c2O. The maximum Gasteiger partial charge on any atom is 0.201 e. The van der Waals surface area contributed by atoms with Gasteiger partial charge in [0, 0.05) is 18.4 Å². The number of phenolic OH excluding ortho intramolecular Hbond substituents is 3. The van der Waals surface area contributed by atoms with Gasteiger partial charge in [0.25, 0.3) is 0 Å². The third-order valence-electron chi connectivity index (χ3n) is 3.64. The van der Waals surface area contributed by atoms with Gasteiger partial charge in [-0.3, -0.25) is 9.59 Å². The minimum Gasteiger partial charge on any atom is -0.504 e. The molecule has 0 bridgehead atoms. The number of aromatic hydroxyl groups is 3. The van der Waals surface area contributed by atoms with Crippen LogP contribution in [0.15, 0.2) is 6.07 Å². The number of benzene rings is 1. The summed E-state index contributed by atoms with van der Waals surface area (Å²) in [6.07, 6.45) is 4.69. The number of carbonyl (C=O) groups excluding carboxylic acids is 2. The molecule has 0 aromatic heterocycles. The zero-order valence-corrected chi connectivity index (χ0v) is 11.2. The first kappa shape index (κ1) is 14.4. The summed E-state index contributed by atoms with van der Waals surface area (Å²) in [5.74, 6) is -2.70. The molecule has 5 nitrogen and oxygen atoms in total. The molecule has 1 aliphatic carbocycles. The van der Waals surface area contributed by atoms with E-state index in [1.54, 1.807) is 0 Å². The number of hydrogen-bond acceptors (Lipinski definition) is 5. The molecule has 0 spiro atoms. The van der Waals surface area contributed by atoms with Crippen molar-refractivity contribution in [2.24, 2.45) is 0 Å². The highest BCUT2D eigenvalue weighted by atomic mass is 16.3. The van der Waals surface area contributed by atoms with Gasteiger partial charge in [0.15, 0.2) is 23.1 Å². The lowest BCUT2D eigenvalue weighted by Gasteiger charge is -2.12. The van der Waals surface area contributed by atoms with Gasteiger partial charge in [-0.25, -0.2) is 0 Å². The van der Waals surface area contributed by atoms with Crippen LogP contribution in [0.4, 0.5) is 0 Å². The Labute approximate surface area is 116 Å². The van der Waals surface area contributed by atoms with E-state index in [4.69, 9.17) is 0 Å². The summed E-state index contributed by atoms with van der Waals surface area (Å²) in [6.45, 7) is 0. The van der Waals surface area contributed by atoms with Gasteiger partial charge in [-0.15, -0.1) is 0 Å². The molecule has 20 heavy (non-hydrogen) atoms. The Morgan fingerprint density at radius 2 is 1.30 bits per heavy atom. The number of rotatable bonds is 0. The molecule has 1 aromatic rings. The van der Waals surface area contributed by atoms with Crippen LogP contribution in [0.5, 0.6) is 17.2 Å². The second-order valence-corrected chi connectivity index (χ2v) is 5.13. The zero-order valence-electron chi connectivity index (χ0n) is 11.2. The van der Waals surface area contributed by atoms with Crippen LogP contribution < -0.4 is 0 Å². The molecule has 0 saturated heterocycles. The minimum absolute atomic E-state index is 0.00435. The van der Waals surface area contributed by atoms with E-state index in [1.807, 2.05) is 0 Å². The molecule has 0 saturated carbocycles. The summed E-state index contributed by atoms with van der Waals surface area (Å²) in [4.78, 5) is 24.3. The topological polar surface area (TPSA) is 94.8 Å². The van der Waals surface area contributed by atoms with Crippen LogP contribution in [0, 0.1) is 0 Å². The van der Waals surface area contributed by atoms with Gasteiger partial charge >= 0.3 is 0 Å². The second-order valence-electron chi connectivity index (χ2n) is 5.13. The Bertz CT molecular complexity index is 548. The van der Waals surface area contributed by atoms with E-state index in [9.17, 15) is 24.9 Å². The van der Waals surface area contributed by atoms with Crippen molar-refractivity contribution in [3.63, 3.8) is 0 Å². The molecular weight excluding hydrogens is 260 g/mol. The highest BCUT2D eigenvalue weighted by Crippen LogP contribution is 2.41. The summed E-state index contributed by atoms with van der Waals surface area (Å²) < 4.78 is 0. The van der Waals surface area contributed by atoms with Crippen molar-refractivity contribution in [2.45, 2.75) is 44.9 Å². The van der Waals surface area contributed by atoms with E-state index >= 15 is 0 Å². The van der Waals surface area contributed by atoms with Crippen LogP contribution >= 0.6 is 0 Å². The van der Waals surface area contributed by atoms with E-state index in [2.05, 4.69) is 0 Å². The lowest BCUT2D eigenvalue weighted by molar-refractivity contribution is 0.0945. The van der Waals surface area contributed by atoms with Gasteiger partial charge in [-0.2, -0.15) is 0 Å². The van der Waals surface area contributed by atoms with Crippen molar-refractivity contribution in [2.75, 3.05) is 0 Å². The summed E-state index contributed by atoms with van der Waals surface area (Å²) in [6, 6.07) is 1.07. The molecule has 0 aliphatic heterocycles. The normalized spacial score (nSPS) is 17.4. The molecule has 0 fully saturated rings. The van der Waals surface area contributed by atoms with Crippen molar-refractivity contribution >= 4 is 11.6 Å². The van der Waals surface area contributed by atoms with Crippen LogP contribution in [-0.2, 0) is 0 Å². The molecule has 0 unspecified atom stereocenters. The van der Waals surface area contributed by atoms with Crippen LogP contribution in [-0.4, -0.2) is 26.9 Å². The quantitative estimate of drug-likeness (QED) is 0.634. The Morgan fingerprint density at radius 1 is 0.750 bits per heavy atom. The first-order valence-electron chi connectivity index (χ1n) is 6.86. The highest BCUT2D eigenvalue weighted by Gasteiger charge is 2.25. The second kappa shape index (κ2) is 5.94. The third-order valence-corrected chi connectivity index (χ3v) is 3.64. The molecule has 0 amide bonds. The van der Waals surface area contributed by atoms with Crippen molar-refractivity contribution in [3.05, 3.63) is 17.2 Å². The standard InChI is InChI=1S/C15H18O5/c16-10-6-4-2-1-3-5-7-11(17)13-9(10)8-12(18)14(19)15(13)20/h8,18-20H,1-7H2. The largest absolute Gasteiger partial charge is 0.504 e. The number of hydrogen-bond donors (Lipinski definition) is 3. The fourth-order valence-electron chi connectivity index (χ4n) is 2.51. The molecule has 5 heteroatoms. The Kier molecular flexibility index (Phi) is 4.27. The Morgan fingerprint density at radius 3 is 1.95 bits per heavy atom. The lowest BCUT2D eigenvalue weighted by Crippen LogP contribution is -2.09. The van der Waals surface area contributed by atoms with E-state index in [-0.39, 0.29) is 35.5 Å². The first-order valence-corrected chi connectivity index (χ1v) is 6.86. The van der Waals surface area contributed by atoms with Crippen molar-refractivity contribution in [1.29, 1.82) is 0 Å². The number of phenols is 3. The van der Waals surface area contributed by atoms with Gasteiger partial charge in [-0.05, 0) is 18.9 Å². The van der Waals surface area contributed by atoms with Crippen LogP contribution in [0.25, 0.3) is 0 Å². The van der Waals surface area contributed by atoms with Crippen LogP contribution in [0.3, 0.4) is 0 Å². The van der Waals surface area contributed by atoms with Gasteiger partial charge in [0.1, 0.15) is 0 Å². The molecule has 1 aliphatic rings. The monoisotopic (exact) mass is 278 g/mol. The van der Waals surface area contributed by atoms with E-state index in [1.165, 1.54) is 0 Å². The molecule has 0 atom stereocenters. The van der Waals surface area contributed by atoms with Crippen LogP contribution in [0.2, 0.25) is 0 Å². The number of carbonyl (C=O) groups is 2. The van der Waals surface area contributed by atoms with Crippen molar-refractivity contribution in [1.82, 2.24) is 0 Å². The van der Waals surface area contributed by atoms with E-state index in [0.717, 1.165) is 31.7 Å². The van der Waals surface area contributed by atoms with E-state index < -0.39 is 17.2 Å². The van der Waals surface area contributed by atoms with Gasteiger partial charge in [0.2, 0.25) is 5.75 Å².